The van der Waals surface area contributed by atoms with Gasteiger partial charge in [-0.25, -0.2) is 9.78 Å². The molecular formula is C17H23N3O2S. The molecule has 0 aliphatic carbocycles. The van der Waals surface area contributed by atoms with E-state index in [1.165, 1.54) is 0 Å². The van der Waals surface area contributed by atoms with Crippen molar-refractivity contribution in [3.8, 4) is 0 Å². The lowest BCUT2D eigenvalue weighted by molar-refractivity contribution is 0.134. The Hall–Kier alpha value is -1.92. The molecule has 2 aromatic rings. The number of nitrogens with one attached hydrogen (secondary N) is 2. The number of anilines is 1. The summed E-state index contributed by atoms with van der Waals surface area (Å²) in [5.74, 6) is 0. The molecule has 0 radical (unpaired) electrons. The van der Waals surface area contributed by atoms with Crippen LogP contribution in [0, 0.1) is 0 Å². The van der Waals surface area contributed by atoms with Crippen LogP contribution in [0.1, 0.15) is 37.8 Å². The van der Waals surface area contributed by atoms with E-state index in [0.717, 1.165) is 22.7 Å². The molecule has 0 unspecified atom stereocenters. The van der Waals surface area contributed by atoms with E-state index in [1.54, 1.807) is 17.5 Å². The predicted molar refractivity (Wildman–Crippen MR) is 93.7 cm³/mol. The van der Waals surface area contributed by atoms with Gasteiger partial charge in [-0.05, 0) is 26.3 Å². The zero-order valence-electron chi connectivity index (χ0n) is 13.8. The van der Waals surface area contributed by atoms with Crippen molar-refractivity contribution in [1.29, 1.82) is 0 Å². The van der Waals surface area contributed by atoms with Gasteiger partial charge in [0.25, 0.3) is 0 Å². The van der Waals surface area contributed by atoms with E-state index < -0.39 is 5.54 Å². The molecule has 2 rings (SSSR count). The van der Waals surface area contributed by atoms with E-state index in [2.05, 4.69) is 15.6 Å². The molecule has 1 atom stereocenters. The van der Waals surface area contributed by atoms with Crippen LogP contribution in [0.25, 0.3) is 0 Å². The first-order valence-corrected chi connectivity index (χ1v) is 8.61. The fourth-order valence-corrected chi connectivity index (χ4v) is 3.00. The summed E-state index contributed by atoms with van der Waals surface area (Å²) in [6.45, 7) is 7.08. The van der Waals surface area contributed by atoms with Gasteiger partial charge in [-0.3, -0.25) is 0 Å². The number of rotatable bonds is 7. The van der Waals surface area contributed by atoms with Crippen molar-refractivity contribution < 1.29 is 9.53 Å². The second-order valence-electron chi connectivity index (χ2n) is 5.40. The van der Waals surface area contributed by atoms with Crippen LogP contribution in [-0.2, 0) is 16.9 Å². The summed E-state index contributed by atoms with van der Waals surface area (Å²) in [5, 5.41) is 8.77. The van der Waals surface area contributed by atoms with Crippen LogP contribution in [-0.4, -0.2) is 17.6 Å². The average Bonchev–Trinajstić information content (AvgIpc) is 3.09. The maximum Gasteiger partial charge on any atom is 0.320 e. The third-order valence-electron chi connectivity index (χ3n) is 3.73. The topological polar surface area (TPSA) is 63.2 Å². The Morgan fingerprint density at radius 1 is 1.35 bits per heavy atom. The van der Waals surface area contributed by atoms with Crippen molar-refractivity contribution in [2.75, 3.05) is 11.9 Å². The fraction of sp³-hybridized carbons (Fsp3) is 0.412. The van der Waals surface area contributed by atoms with Gasteiger partial charge < -0.3 is 15.4 Å². The van der Waals surface area contributed by atoms with Gasteiger partial charge in [-0.15, -0.1) is 11.3 Å². The van der Waals surface area contributed by atoms with Crippen molar-refractivity contribution in [2.24, 2.45) is 0 Å². The zero-order chi connectivity index (χ0) is 16.7. The highest BCUT2D eigenvalue weighted by Crippen LogP contribution is 2.26. The number of amides is 2. The van der Waals surface area contributed by atoms with E-state index in [9.17, 15) is 4.79 Å². The lowest BCUT2D eigenvalue weighted by atomic mass is 10.0. The maximum absolute atomic E-state index is 12.4. The minimum atomic E-state index is -0.479. The molecule has 6 heteroatoms. The molecule has 0 aliphatic rings. The SMILES string of the molecule is CCOCc1ccccc1NC(=O)N[C@](C)(CC)c1nccs1. The molecule has 0 fully saturated rings. The van der Waals surface area contributed by atoms with Gasteiger partial charge in [0.1, 0.15) is 5.01 Å². The number of hydrogen-bond donors (Lipinski definition) is 2. The molecule has 0 saturated heterocycles. The Balaban J connectivity index is 2.07. The minimum Gasteiger partial charge on any atom is -0.377 e. The third-order valence-corrected chi connectivity index (χ3v) is 4.77. The second-order valence-corrected chi connectivity index (χ2v) is 6.29. The summed E-state index contributed by atoms with van der Waals surface area (Å²) in [7, 11) is 0. The van der Waals surface area contributed by atoms with Crippen LogP contribution in [0.2, 0.25) is 0 Å². The highest BCUT2D eigenvalue weighted by atomic mass is 32.1. The van der Waals surface area contributed by atoms with Gasteiger partial charge in [0.05, 0.1) is 12.1 Å². The number of nitrogens with zero attached hydrogens (tertiary/aromatic N) is 1. The van der Waals surface area contributed by atoms with E-state index in [0.29, 0.717) is 13.2 Å². The van der Waals surface area contributed by atoms with Crippen LogP contribution in [0.5, 0.6) is 0 Å². The molecule has 124 valence electrons. The lowest BCUT2D eigenvalue weighted by Gasteiger charge is -2.27. The number of benzene rings is 1. The Labute approximate surface area is 141 Å². The van der Waals surface area contributed by atoms with Gasteiger partial charge in [0, 0.05) is 29.4 Å². The van der Waals surface area contributed by atoms with Crippen LogP contribution in [0.4, 0.5) is 10.5 Å². The summed E-state index contributed by atoms with van der Waals surface area (Å²) in [4.78, 5) is 16.8. The number of carbonyl (C=O) groups is 1. The summed E-state index contributed by atoms with van der Waals surface area (Å²) < 4.78 is 5.44. The quantitative estimate of drug-likeness (QED) is 0.801. The normalized spacial score (nSPS) is 13.3. The van der Waals surface area contributed by atoms with Gasteiger partial charge >= 0.3 is 6.03 Å². The number of aromatic nitrogens is 1. The molecule has 0 saturated carbocycles. The molecule has 2 amide bonds. The van der Waals surface area contributed by atoms with Crippen molar-refractivity contribution in [1.82, 2.24) is 10.3 Å². The molecule has 23 heavy (non-hydrogen) atoms. The molecular weight excluding hydrogens is 310 g/mol. The minimum absolute atomic E-state index is 0.242. The molecule has 1 aromatic carbocycles. The fourth-order valence-electron chi connectivity index (χ4n) is 2.17. The van der Waals surface area contributed by atoms with Crippen molar-refractivity contribution in [2.45, 2.75) is 39.3 Å². The average molecular weight is 333 g/mol. The zero-order valence-corrected chi connectivity index (χ0v) is 14.6. The van der Waals surface area contributed by atoms with E-state index in [1.807, 2.05) is 50.4 Å². The van der Waals surface area contributed by atoms with Crippen molar-refractivity contribution in [3.63, 3.8) is 0 Å². The highest BCUT2D eigenvalue weighted by molar-refractivity contribution is 7.09. The highest BCUT2D eigenvalue weighted by Gasteiger charge is 2.29. The Kier molecular flexibility index (Phi) is 6.12. The second kappa shape index (κ2) is 8.08. The van der Waals surface area contributed by atoms with Gasteiger partial charge in [0.15, 0.2) is 0 Å². The Morgan fingerprint density at radius 3 is 2.78 bits per heavy atom. The maximum atomic E-state index is 12.4. The molecule has 2 N–H and O–H groups in total. The van der Waals surface area contributed by atoms with Crippen LogP contribution < -0.4 is 10.6 Å². The van der Waals surface area contributed by atoms with E-state index in [-0.39, 0.29) is 6.03 Å². The number of hydrogen-bond acceptors (Lipinski definition) is 4. The summed E-state index contributed by atoms with van der Waals surface area (Å²) in [6, 6.07) is 7.41. The third kappa shape index (κ3) is 4.53. The molecule has 0 aliphatic heterocycles. The monoisotopic (exact) mass is 333 g/mol. The predicted octanol–water partition coefficient (Wildman–Crippen LogP) is 4.13. The van der Waals surface area contributed by atoms with E-state index in [4.69, 9.17) is 4.74 Å². The first-order valence-electron chi connectivity index (χ1n) is 7.74. The van der Waals surface area contributed by atoms with E-state index >= 15 is 0 Å². The number of carbonyl (C=O) groups excluding carboxylic acids is 1. The summed E-state index contributed by atoms with van der Waals surface area (Å²) >= 11 is 1.54. The Bertz CT molecular complexity index is 631. The van der Waals surface area contributed by atoms with Gasteiger partial charge in [-0.2, -0.15) is 0 Å². The molecule has 5 nitrogen and oxygen atoms in total. The first kappa shape index (κ1) is 17.4. The molecule has 0 spiro atoms. The number of urea groups is 1. The number of ether oxygens (including phenoxy) is 1. The van der Waals surface area contributed by atoms with Crippen LogP contribution in [0.3, 0.4) is 0 Å². The molecule has 0 bridgehead atoms. The van der Waals surface area contributed by atoms with Gasteiger partial charge in [-0.1, -0.05) is 25.1 Å². The van der Waals surface area contributed by atoms with Crippen LogP contribution >= 0.6 is 11.3 Å². The number of thiazole rings is 1. The number of para-hydroxylation sites is 1. The summed E-state index contributed by atoms with van der Waals surface area (Å²) in [5.41, 5.74) is 1.24. The van der Waals surface area contributed by atoms with Crippen LogP contribution in [0.15, 0.2) is 35.8 Å². The first-order chi connectivity index (χ1) is 11.1. The van der Waals surface area contributed by atoms with Gasteiger partial charge in [0.2, 0.25) is 0 Å². The molecule has 1 heterocycles. The standard InChI is InChI=1S/C17H23N3O2S/c1-4-17(3,15-18-10-11-23-15)20-16(21)19-14-9-7-6-8-13(14)12-22-5-2/h6-11H,4-5,12H2,1-3H3,(H2,19,20,21)/t17-/m1/s1. The largest absolute Gasteiger partial charge is 0.377 e. The smallest absolute Gasteiger partial charge is 0.320 e. The van der Waals surface area contributed by atoms with Crippen molar-refractivity contribution >= 4 is 23.1 Å². The summed E-state index contributed by atoms with van der Waals surface area (Å²) in [6.07, 6.45) is 2.51. The van der Waals surface area contributed by atoms with Crippen molar-refractivity contribution in [3.05, 3.63) is 46.4 Å². The Morgan fingerprint density at radius 2 is 2.13 bits per heavy atom. The lowest BCUT2D eigenvalue weighted by Crippen LogP contribution is -2.45. The molecule has 1 aromatic heterocycles.